The number of nitrogens with zero attached hydrogens (tertiary/aromatic N) is 2. The van der Waals surface area contributed by atoms with Gasteiger partial charge in [0.1, 0.15) is 17.9 Å². The van der Waals surface area contributed by atoms with Crippen molar-refractivity contribution in [2.75, 3.05) is 12.4 Å². The van der Waals surface area contributed by atoms with E-state index in [1.165, 1.54) is 25.7 Å². The maximum atomic E-state index is 5.97. The number of benzene rings is 1. The summed E-state index contributed by atoms with van der Waals surface area (Å²) >= 11 is 0. The second kappa shape index (κ2) is 5.90. The van der Waals surface area contributed by atoms with Crippen molar-refractivity contribution in [3.8, 4) is 17.0 Å². The summed E-state index contributed by atoms with van der Waals surface area (Å²) in [7, 11) is 1.85. The van der Waals surface area contributed by atoms with E-state index in [1.807, 2.05) is 37.4 Å². The molecule has 4 nitrogen and oxygen atoms in total. The van der Waals surface area contributed by atoms with Crippen molar-refractivity contribution in [1.82, 2.24) is 9.97 Å². The Labute approximate surface area is 119 Å². The Balaban J connectivity index is 1.74. The molecule has 1 aromatic heterocycles. The summed E-state index contributed by atoms with van der Waals surface area (Å²) in [5.74, 6) is 1.77. The molecule has 1 saturated carbocycles. The van der Waals surface area contributed by atoms with Gasteiger partial charge in [0.05, 0.1) is 11.8 Å². The number of anilines is 1. The van der Waals surface area contributed by atoms with Gasteiger partial charge in [-0.3, -0.25) is 0 Å². The van der Waals surface area contributed by atoms with Crippen LogP contribution in [-0.2, 0) is 0 Å². The molecule has 1 aliphatic rings. The molecule has 0 aliphatic heterocycles. The van der Waals surface area contributed by atoms with E-state index in [4.69, 9.17) is 4.74 Å². The molecule has 1 aromatic carbocycles. The van der Waals surface area contributed by atoms with Gasteiger partial charge in [0.2, 0.25) is 0 Å². The SMILES string of the molecule is CNc1cc(-c2ccc(OC3CCCC3)cc2)ncn1. The van der Waals surface area contributed by atoms with Crippen LogP contribution in [0.1, 0.15) is 25.7 Å². The van der Waals surface area contributed by atoms with Gasteiger partial charge in [-0.1, -0.05) is 0 Å². The number of hydrogen-bond donors (Lipinski definition) is 1. The molecule has 4 heteroatoms. The minimum Gasteiger partial charge on any atom is -0.490 e. The highest BCUT2D eigenvalue weighted by Crippen LogP contribution is 2.26. The van der Waals surface area contributed by atoms with Gasteiger partial charge in [-0.05, 0) is 49.9 Å². The summed E-state index contributed by atoms with van der Waals surface area (Å²) in [6, 6.07) is 10.1. The Bertz CT molecular complexity index is 562. The van der Waals surface area contributed by atoms with E-state index in [2.05, 4.69) is 15.3 Å². The molecule has 1 aliphatic carbocycles. The van der Waals surface area contributed by atoms with Gasteiger partial charge in [0.25, 0.3) is 0 Å². The number of hydrogen-bond acceptors (Lipinski definition) is 4. The first kappa shape index (κ1) is 12.9. The van der Waals surface area contributed by atoms with E-state index >= 15 is 0 Å². The Morgan fingerprint density at radius 3 is 2.55 bits per heavy atom. The zero-order valence-electron chi connectivity index (χ0n) is 11.7. The van der Waals surface area contributed by atoms with Gasteiger partial charge in [-0.15, -0.1) is 0 Å². The Kier molecular flexibility index (Phi) is 3.81. The molecular weight excluding hydrogens is 250 g/mol. The zero-order chi connectivity index (χ0) is 13.8. The van der Waals surface area contributed by atoms with Gasteiger partial charge in [0.15, 0.2) is 0 Å². The summed E-state index contributed by atoms with van der Waals surface area (Å²) in [6.45, 7) is 0. The molecular formula is C16H19N3O. The van der Waals surface area contributed by atoms with Crippen molar-refractivity contribution < 1.29 is 4.74 Å². The molecule has 0 atom stereocenters. The lowest BCUT2D eigenvalue weighted by atomic mass is 10.1. The van der Waals surface area contributed by atoms with Gasteiger partial charge in [-0.25, -0.2) is 9.97 Å². The highest BCUT2D eigenvalue weighted by molar-refractivity contribution is 5.62. The van der Waals surface area contributed by atoms with Crippen LogP contribution in [0.5, 0.6) is 5.75 Å². The van der Waals surface area contributed by atoms with Gasteiger partial charge < -0.3 is 10.1 Å². The highest BCUT2D eigenvalue weighted by Gasteiger charge is 2.16. The average Bonchev–Trinajstić information content (AvgIpc) is 3.01. The molecule has 0 amide bonds. The predicted octanol–water partition coefficient (Wildman–Crippen LogP) is 3.51. The quantitative estimate of drug-likeness (QED) is 0.922. The van der Waals surface area contributed by atoms with Gasteiger partial charge in [0, 0.05) is 18.7 Å². The van der Waals surface area contributed by atoms with Crippen molar-refractivity contribution in [3.05, 3.63) is 36.7 Å². The number of nitrogens with one attached hydrogen (secondary N) is 1. The fourth-order valence-corrected chi connectivity index (χ4v) is 2.55. The van der Waals surface area contributed by atoms with Crippen LogP contribution in [0.15, 0.2) is 36.7 Å². The molecule has 0 bridgehead atoms. The first-order chi connectivity index (χ1) is 9.85. The van der Waals surface area contributed by atoms with E-state index < -0.39 is 0 Å². The van der Waals surface area contributed by atoms with Crippen LogP contribution in [-0.4, -0.2) is 23.1 Å². The maximum absolute atomic E-state index is 5.97. The third kappa shape index (κ3) is 2.90. The van der Waals surface area contributed by atoms with Crippen LogP contribution < -0.4 is 10.1 Å². The zero-order valence-corrected chi connectivity index (χ0v) is 11.7. The molecule has 0 spiro atoms. The third-order valence-corrected chi connectivity index (χ3v) is 3.68. The molecule has 3 rings (SSSR count). The fourth-order valence-electron chi connectivity index (χ4n) is 2.55. The first-order valence-electron chi connectivity index (χ1n) is 7.12. The van der Waals surface area contributed by atoms with Gasteiger partial charge >= 0.3 is 0 Å². The summed E-state index contributed by atoms with van der Waals surface area (Å²) in [5, 5.41) is 3.02. The van der Waals surface area contributed by atoms with Crippen molar-refractivity contribution >= 4 is 5.82 Å². The van der Waals surface area contributed by atoms with Crippen LogP contribution in [0.4, 0.5) is 5.82 Å². The second-order valence-corrected chi connectivity index (χ2v) is 5.09. The van der Waals surface area contributed by atoms with E-state index in [9.17, 15) is 0 Å². The molecule has 1 fully saturated rings. The summed E-state index contributed by atoms with van der Waals surface area (Å²) in [5.41, 5.74) is 1.99. The van der Waals surface area contributed by atoms with Crippen LogP contribution in [0.25, 0.3) is 11.3 Å². The summed E-state index contributed by atoms with van der Waals surface area (Å²) < 4.78 is 5.97. The van der Waals surface area contributed by atoms with E-state index in [0.29, 0.717) is 6.10 Å². The predicted molar refractivity (Wildman–Crippen MR) is 79.9 cm³/mol. The van der Waals surface area contributed by atoms with Crippen LogP contribution in [0.2, 0.25) is 0 Å². The Morgan fingerprint density at radius 2 is 1.85 bits per heavy atom. The first-order valence-corrected chi connectivity index (χ1v) is 7.12. The smallest absolute Gasteiger partial charge is 0.129 e. The molecule has 20 heavy (non-hydrogen) atoms. The number of rotatable bonds is 4. The molecule has 1 heterocycles. The van der Waals surface area contributed by atoms with Crippen LogP contribution >= 0.6 is 0 Å². The molecule has 2 aromatic rings. The van der Waals surface area contributed by atoms with Crippen LogP contribution in [0.3, 0.4) is 0 Å². The topological polar surface area (TPSA) is 47.0 Å². The number of aromatic nitrogens is 2. The van der Waals surface area contributed by atoms with Crippen molar-refractivity contribution in [3.63, 3.8) is 0 Å². The van der Waals surface area contributed by atoms with Crippen molar-refractivity contribution in [2.24, 2.45) is 0 Å². The minimum atomic E-state index is 0.399. The molecule has 1 N–H and O–H groups in total. The molecule has 0 unspecified atom stereocenters. The normalized spacial score (nSPS) is 15.2. The summed E-state index contributed by atoms with van der Waals surface area (Å²) in [6.07, 6.45) is 6.91. The van der Waals surface area contributed by atoms with Crippen LogP contribution in [0, 0.1) is 0 Å². The van der Waals surface area contributed by atoms with Crippen molar-refractivity contribution in [2.45, 2.75) is 31.8 Å². The largest absolute Gasteiger partial charge is 0.490 e. The Hall–Kier alpha value is -2.10. The van der Waals surface area contributed by atoms with Gasteiger partial charge in [-0.2, -0.15) is 0 Å². The summed E-state index contributed by atoms with van der Waals surface area (Å²) in [4.78, 5) is 8.42. The lowest BCUT2D eigenvalue weighted by Crippen LogP contribution is -2.10. The number of ether oxygens (including phenoxy) is 1. The average molecular weight is 269 g/mol. The maximum Gasteiger partial charge on any atom is 0.129 e. The minimum absolute atomic E-state index is 0.399. The lowest BCUT2D eigenvalue weighted by Gasteiger charge is -2.13. The van der Waals surface area contributed by atoms with E-state index in [-0.39, 0.29) is 0 Å². The standard InChI is InChI=1S/C16H19N3O/c1-17-16-10-15(18-11-19-16)12-6-8-14(9-7-12)20-13-4-2-3-5-13/h6-11,13H,2-5H2,1H3,(H,17,18,19). The highest BCUT2D eigenvalue weighted by atomic mass is 16.5. The lowest BCUT2D eigenvalue weighted by molar-refractivity contribution is 0.210. The third-order valence-electron chi connectivity index (χ3n) is 3.68. The molecule has 0 saturated heterocycles. The fraction of sp³-hybridized carbons (Fsp3) is 0.375. The molecule has 104 valence electrons. The molecule has 0 radical (unpaired) electrons. The Morgan fingerprint density at radius 1 is 1.10 bits per heavy atom. The van der Waals surface area contributed by atoms with Crippen molar-refractivity contribution in [1.29, 1.82) is 0 Å². The van der Waals surface area contributed by atoms with E-state index in [0.717, 1.165) is 22.8 Å². The second-order valence-electron chi connectivity index (χ2n) is 5.09. The van der Waals surface area contributed by atoms with E-state index in [1.54, 1.807) is 6.33 Å². The monoisotopic (exact) mass is 269 g/mol.